The molecule has 0 aliphatic carbocycles. The monoisotopic (exact) mass is 238 g/mol. The Hall–Kier alpha value is -1.71. The first-order valence-corrected chi connectivity index (χ1v) is 3.77. The smallest absolute Gasteiger partial charge is 0.377 e. The van der Waals surface area contributed by atoms with Crippen LogP contribution in [-0.2, 0) is 28.6 Å². The molecule has 0 spiro atoms. The lowest BCUT2D eigenvalue weighted by molar-refractivity contribution is -0.283. The SMILES string of the molecule is COC(OC(OC)(C(=O)O)C(=O)O)C(=O)O. The predicted molar refractivity (Wildman–Crippen MR) is 44.5 cm³/mol. The zero-order valence-electron chi connectivity index (χ0n) is 8.37. The first kappa shape index (κ1) is 14.3. The van der Waals surface area contributed by atoms with E-state index in [0.29, 0.717) is 0 Å². The number of aliphatic carboxylic acids is 3. The zero-order valence-corrected chi connectivity index (χ0v) is 8.37. The topological polar surface area (TPSA) is 140 Å². The molecule has 0 aliphatic rings. The maximum Gasteiger partial charge on any atom is 0.377 e. The average molecular weight is 238 g/mol. The molecule has 0 heterocycles. The van der Waals surface area contributed by atoms with Gasteiger partial charge in [-0.25, -0.2) is 14.4 Å². The number of hydrogen-bond donors (Lipinski definition) is 3. The van der Waals surface area contributed by atoms with Crippen LogP contribution in [0.15, 0.2) is 0 Å². The Morgan fingerprint density at radius 3 is 1.69 bits per heavy atom. The van der Waals surface area contributed by atoms with E-state index in [9.17, 15) is 14.4 Å². The van der Waals surface area contributed by atoms with Crippen LogP contribution in [0.25, 0.3) is 0 Å². The predicted octanol–water partition coefficient (Wildman–Crippen LogP) is -1.43. The summed E-state index contributed by atoms with van der Waals surface area (Å²) in [7, 11) is 1.65. The van der Waals surface area contributed by atoms with Gasteiger partial charge in [-0.3, -0.25) is 4.74 Å². The lowest BCUT2D eigenvalue weighted by atomic mass is 10.3. The highest BCUT2D eigenvalue weighted by Gasteiger charge is 2.52. The van der Waals surface area contributed by atoms with E-state index >= 15 is 0 Å². The molecule has 0 saturated carbocycles. The molecule has 1 atom stereocenters. The quantitative estimate of drug-likeness (QED) is 0.359. The number of hydrogen-bond acceptors (Lipinski definition) is 6. The zero-order chi connectivity index (χ0) is 12.9. The minimum absolute atomic E-state index is 0.747. The van der Waals surface area contributed by atoms with Crippen molar-refractivity contribution in [2.45, 2.75) is 12.1 Å². The van der Waals surface area contributed by atoms with Crippen LogP contribution in [0.3, 0.4) is 0 Å². The maximum absolute atomic E-state index is 10.7. The summed E-state index contributed by atoms with van der Waals surface area (Å²) in [5.74, 6) is -8.83. The van der Waals surface area contributed by atoms with Crippen molar-refractivity contribution < 1.29 is 43.9 Å². The first-order chi connectivity index (χ1) is 7.31. The molecule has 0 saturated heterocycles. The molecule has 0 rings (SSSR count). The van der Waals surface area contributed by atoms with Gasteiger partial charge in [0.25, 0.3) is 6.29 Å². The standard InChI is InChI=1S/C7H10O9/c1-14-4(3(8)9)16-7(15-2,5(10)11)6(12)13/h4H,1-2H3,(H,8,9)(H,10,11)(H,12,13). The van der Waals surface area contributed by atoms with E-state index in [1.54, 1.807) is 0 Å². The van der Waals surface area contributed by atoms with Gasteiger partial charge in [0.15, 0.2) is 0 Å². The summed E-state index contributed by atoms with van der Waals surface area (Å²) in [6, 6.07) is 0. The normalized spacial score (nSPS) is 13.1. The van der Waals surface area contributed by atoms with Crippen LogP contribution in [0.5, 0.6) is 0 Å². The van der Waals surface area contributed by atoms with Crippen LogP contribution >= 0.6 is 0 Å². The molecule has 1 unspecified atom stereocenters. The van der Waals surface area contributed by atoms with Crippen molar-refractivity contribution in [1.82, 2.24) is 0 Å². The number of carboxylic acid groups (broad SMARTS) is 3. The molecule has 0 aliphatic heterocycles. The molecular weight excluding hydrogens is 228 g/mol. The molecule has 0 bridgehead atoms. The van der Waals surface area contributed by atoms with Crippen LogP contribution in [-0.4, -0.2) is 59.5 Å². The molecule has 0 amide bonds. The molecule has 0 aromatic carbocycles. The lowest BCUT2D eigenvalue weighted by Crippen LogP contribution is -2.54. The fourth-order valence-electron chi connectivity index (χ4n) is 0.765. The second-order valence-corrected chi connectivity index (χ2v) is 2.45. The van der Waals surface area contributed by atoms with E-state index in [4.69, 9.17) is 15.3 Å². The summed E-state index contributed by atoms with van der Waals surface area (Å²) in [5, 5.41) is 25.8. The molecule has 0 aromatic heterocycles. The summed E-state index contributed by atoms with van der Waals surface area (Å²) in [4.78, 5) is 31.9. The van der Waals surface area contributed by atoms with Gasteiger partial charge in [0, 0.05) is 14.2 Å². The molecule has 3 N–H and O–H groups in total. The fourth-order valence-corrected chi connectivity index (χ4v) is 0.765. The van der Waals surface area contributed by atoms with E-state index in [-0.39, 0.29) is 0 Å². The minimum Gasteiger partial charge on any atom is -0.477 e. The maximum atomic E-state index is 10.7. The van der Waals surface area contributed by atoms with Crippen LogP contribution < -0.4 is 0 Å². The van der Waals surface area contributed by atoms with Crippen molar-refractivity contribution in [3.05, 3.63) is 0 Å². The van der Waals surface area contributed by atoms with Gasteiger partial charge in [-0.05, 0) is 0 Å². The van der Waals surface area contributed by atoms with Crippen molar-refractivity contribution in [2.24, 2.45) is 0 Å². The Morgan fingerprint density at radius 2 is 1.50 bits per heavy atom. The first-order valence-electron chi connectivity index (χ1n) is 3.77. The van der Waals surface area contributed by atoms with Crippen molar-refractivity contribution in [3.63, 3.8) is 0 Å². The Morgan fingerprint density at radius 1 is 1.06 bits per heavy atom. The summed E-state index contributed by atoms with van der Waals surface area (Å²) >= 11 is 0. The van der Waals surface area contributed by atoms with Crippen molar-refractivity contribution in [3.8, 4) is 0 Å². The van der Waals surface area contributed by atoms with Gasteiger partial charge < -0.3 is 24.8 Å². The third-order valence-corrected chi connectivity index (χ3v) is 1.54. The number of methoxy groups -OCH3 is 2. The third kappa shape index (κ3) is 2.66. The van der Waals surface area contributed by atoms with Crippen molar-refractivity contribution in [2.75, 3.05) is 14.2 Å². The van der Waals surface area contributed by atoms with E-state index in [1.807, 2.05) is 0 Å². The van der Waals surface area contributed by atoms with Crippen LogP contribution in [0.1, 0.15) is 0 Å². The fraction of sp³-hybridized carbons (Fsp3) is 0.571. The van der Waals surface area contributed by atoms with E-state index in [2.05, 4.69) is 14.2 Å². The summed E-state index contributed by atoms with van der Waals surface area (Å²) < 4.78 is 12.7. The van der Waals surface area contributed by atoms with Crippen molar-refractivity contribution >= 4 is 17.9 Å². The van der Waals surface area contributed by atoms with Crippen LogP contribution in [0.4, 0.5) is 0 Å². The number of carboxylic acids is 3. The Kier molecular flexibility index (Phi) is 4.82. The molecule has 0 fully saturated rings. The Balaban J connectivity index is 5.13. The van der Waals surface area contributed by atoms with Gasteiger partial charge in [-0.1, -0.05) is 0 Å². The van der Waals surface area contributed by atoms with E-state index in [1.165, 1.54) is 0 Å². The number of rotatable bonds is 7. The molecule has 9 heteroatoms. The second kappa shape index (κ2) is 5.39. The summed E-state index contributed by atoms with van der Waals surface area (Å²) in [5.41, 5.74) is 0. The van der Waals surface area contributed by atoms with Gasteiger partial charge in [0.2, 0.25) is 0 Å². The molecule has 16 heavy (non-hydrogen) atoms. The highest BCUT2D eigenvalue weighted by atomic mass is 16.8. The van der Waals surface area contributed by atoms with Gasteiger partial charge >= 0.3 is 23.7 Å². The van der Waals surface area contributed by atoms with Gasteiger partial charge in [-0.2, -0.15) is 0 Å². The third-order valence-electron chi connectivity index (χ3n) is 1.54. The second-order valence-electron chi connectivity index (χ2n) is 2.45. The lowest BCUT2D eigenvalue weighted by Gasteiger charge is -2.25. The van der Waals surface area contributed by atoms with Gasteiger partial charge in [-0.15, -0.1) is 0 Å². The summed E-state index contributed by atoms with van der Waals surface area (Å²) in [6.45, 7) is 0. The molecule has 0 aromatic rings. The molecule has 92 valence electrons. The van der Waals surface area contributed by atoms with Gasteiger partial charge in [0.1, 0.15) is 0 Å². The van der Waals surface area contributed by atoms with E-state index in [0.717, 1.165) is 14.2 Å². The van der Waals surface area contributed by atoms with Crippen molar-refractivity contribution in [1.29, 1.82) is 0 Å². The number of ether oxygens (including phenoxy) is 3. The minimum atomic E-state index is -3.13. The molecular formula is C7H10O9. The average Bonchev–Trinajstić information content (AvgIpc) is 2.18. The Bertz CT molecular complexity index is 282. The summed E-state index contributed by atoms with van der Waals surface area (Å²) in [6.07, 6.45) is -2.08. The van der Waals surface area contributed by atoms with Crippen LogP contribution in [0, 0.1) is 0 Å². The largest absolute Gasteiger partial charge is 0.477 e. The molecule has 9 nitrogen and oxygen atoms in total. The van der Waals surface area contributed by atoms with Crippen LogP contribution in [0.2, 0.25) is 0 Å². The Labute approximate surface area is 89.1 Å². The van der Waals surface area contributed by atoms with Gasteiger partial charge in [0.05, 0.1) is 0 Å². The highest BCUT2D eigenvalue weighted by molar-refractivity contribution is 6.00. The number of carbonyl (C=O) groups is 3. The molecule has 0 radical (unpaired) electrons. The highest BCUT2D eigenvalue weighted by Crippen LogP contribution is 2.16. The van der Waals surface area contributed by atoms with E-state index < -0.39 is 30.0 Å².